The molecule has 0 aromatic heterocycles. The molecule has 0 saturated carbocycles. The highest BCUT2D eigenvalue weighted by Crippen LogP contribution is 2.40. The number of rotatable bonds is 4. The first-order valence-electron chi connectivity index (χ1n) is 5.88. The molecule has 0 spiro atoms. The maximum absolute atomic E-state index is 12.0. The van der Waals surface area contributed by atoms with Gasteiger partial charge in [-0.3, -0.25) is 9.59 Å². The number of hydrogen-bond acceptors (Lipinski definition) is 6. The predicted octanol–water partition coefficient (Wildman–Crippen LogP) is 1.78. The molecule has 0 amide bonds. The Morgan fingerprint density at radius 1 is 1.35 bits per heavy atom. The van der Waals surface area contributed by atoms with Crippen molar-refractivity contribution >= 4 is 34.0 Å². The van der Waals surface area contributed by atoms with Gasteiger partial charge in [0.2, 0.25) is 0 Å². The monoisotopic (exact) mass is 342 g/mol. The van der Waals surface area contributed by atoms with E-state index in [2.05, 4.69) is 20.7 Å². The fourth-order valence-corrected chi connectivity index (χ4v) is 2.28. The number of aldehydes is 1. The summed E-state index contributed by atoms with van der Waals surface area (Å²) < 4.78 is 15.8. The highest BCUT2D eigenvalue weighted by Gasteiger charge is 2.29. The Hall–Kier alpha value is -1.89. The van der Waals surface area contributed by atoms with Crippen molar-refractivity contribution in [2.45, 2.75) is 6.92 Å². The van der Waals surface area contributed by atoms with Crippen LogP contribution in [0.4, 0.5) is 0 Å². The van der Waals surface area contributed by atoms with Crippen LogP contribution in [-0.4, -0.2) is 37.9 Å². The normalized spacial score (nSPS) is 12.7. The summed E-state index contributed by atoms with van der Waals surface area (Å²) in [6.45, 7) is 2.19. The van der Waals surface area contributed by atoms with Gasteiger partial charge >= 0.3 is 5.97 Å². The van der Waals surface area contributed by atoms with Crippen LogP contribution in [0.15, 0.2) is 10.5 Å². The van der Waals surface area contributed by atoms with Crippen molar-refractivity contribution in [1.82, 2.24) is 0 Å². The SMILES string of the molecule is CCOC(=O)C(=O)c1cc(Br)c(C=O)c2c1OCCO2. The molecule has 0 fully saturated rings. The van der Waals surface area contributed by atoms with Crippen LogP contribution in [-0.2, 0) is 9.53 Å². The maximum atomic E-state index is 12.0. The van der Waals surface area contributed by atoms with Gasteiger partial charge < -0.3 is 14.2 Å². The summed E-state index contributed by atoms with van der Waals surface area (Å²) in [5.74, 6) is -1.56. The largest absolute Gasteiger partial charge is 0.485 e. The van der Waals surface area contributed by atoms with Crippen molar-refractivity contribution in [1.29, 1.82) is 0 Å². The average molecular weight is 343 g/mol. The Kier molecular flexibility index (Phi) is 4.39. The van der Waals surface area contributed by atoms with E-state index < -0.39 is 11.8 Å². The van der Waals surface area contributed by atoms with E-state index in [0.717, 1.165) is 0 Å². The minimum absolute atomic E-state index is 0.00984. The van der Waals surface area contributed by atoms with Crippen LogP contribution in [0.3, 0.4) is 0 Å². The second-order valence-electron chi connectivity index (χ2n) is 3.84. The van der Waals surface area contributed by atoms with E-state index in [0.29, 0.717) is 10.8 Å². The molecule has 106 valence electrons. The van der Waals surface area contributed by atoms with Crippen LogP contribution >= 0.6 is 15.9 Å². The number of halogens is 1. The number of hydrogen-bond donors (Lipinski definition) is 0. The molecule has 0 N–H and O–H groups in total. The summed E-state index contributed by atoms with van der Waals surface area (Å²) >= 11 is 3.17. The van der Waals surface area contributed by atoms with Gasteiger partial charge in [-0.25, -0.2) is 4.79 Å². The molecule has 0 bridgehead atoms. The number of ether oxygens (including phenoxy) is 3. The third kappa shape index (κ3) is 2.53. The molecule has 1 aromatic rings. The number of benzene rings is 1. The topological polar surface area (TPSA) is 78.9 Å². The smallest absolute Gasteiger partial charge is 0.379 e. The molecule has 1 heterocycles. The number of fused-ring (bicyclic) bond motifs is 1. The fraction of sp³-hybridized carbons (Fsp3) is 0.308. The van der Waals surface area contributed by atoms with E-state index in [1.807, 2.05) is 0 Å². The molecule has 1 aliphatic heterocycles. The molecule has 0 aliphatic carbocycles. The van der Waals surface area contributed by atoms with Gasteiger partial charge in [0.05, 0.1) is 17.7 Å². The first-order valence-corrected chi connectivity index (χ1v) is 6.68. The Morgan fingerprint density at radius 2 is 2.00 bits per heavy atom. The van der Waals surface area contributed by atoms with E-state index in [4.69, 9.17) is 9.47 Å². The lowest BCUT2D eigenvalue weighted by Gasteiger charge is -2.22. The molecule has 0 unspecified atom stereocenters. The zero-order valence-electron chi connectivity index (χ0n) is 10.6. The number of ketones is 1. The highest BCUT2D eigenvalue weighted by molar-refractivity contribution is 9.10. The van der Waals surface area contributed by atoms with Crippen molar-refractivity contribution in [2.75, 3.05) is 19.8 Å². The maximum Gasteiger partial charge on any atom is 0.379 e. The van der Waals surface area contributed by atoms with E-state index >= 15 is 0 Å². The first-order chi connectivity index (χ1) is 9.60. The van der Waals surface area contributed by atoms with E-state index in [1.165, 1.54) is 6.07 Å². The Bertz CT molecular complexity index is 581. The van der Waals surface area contributed by atoms with E-state index in [1.54, 1.807) is 6.92 Å². The van der Waals surface area contributed by atoms with Crippen LogP contribution in [0, 0.1) is 0 Å². The lowest BCUT2D eigenvalue weighted by atomic mass is 10.0. The van der Waals surface area contributed by atoms with Gasteiger partial charge in [0.15, 0.2) is 17.8 Å². The van der Waals surface area contributed by atoms with Gasteiger partial charge in [-0.05, 0) is 28.9 Å². The Balaban J connectivity index is 2.54. The highest BCUT2D eigenvalue weighted by atomic mass is 79.9. The summed E-state index contributed by atoms with van der Waals surface area (Å²) in [5.41, 5.74) is 0.246. The molecular formula is C13H11BrO6. The lowest BCUT2D eigenvalue weighted by molar-refractivity contribution is -0.137. The molecule has 1 aromatic carbocycles. The van der Waals surface area contributed by atoms with E-state index in [-0.39, 0.29) is 42.4 Å². The number of carbonyl (C=O) groups excluding carboxylic acids is 3. The third-order valence-corrected chi connectivity index (χ3v) is 3.28. The summed E-state index contributed by atoms with van der Waals surface area (Å²) in [6.07, 6.45) is 0.593. The van der Waals surface area contributed by atoms with Crippen molar-refractivity contribution in [3.05, 3.63) is 21.7 Å². The Morgan fingerprint density at radius 3 is 2.60 bits per heavy atom. The molecule has 0 radical (unpaired) electrons. The second-order valence-corrected chi connectivity index (χ2v) is 4.70. The van der Waals surface area contributed by atoms with Crippen molar-refractivity contribution in [3.8, 4) is 11.5 Å². The van der Waals surface area contributed by atoms with Crippen molar-refractivity contribution in [3.63, 3.8) is 0 Å². The van der Waals surface area contributed by atoms with Crippen molar-refractivity contribution < 1.29 is 28.6 Å². The number of esters is 1. The van der Waals surface area contributed by atoms with Gasteiger partial charge in [-0.15, -0.1) is 0 Å². The molecule has 0 atom stereocenters. The number of carbonyl (C=O) groups is 3. The van der Waals surface area contributed by atoms with Gasteiger partial charge in [0, 0.05) is 4.47 Å². The van der Waals surface area contributed by atoms with Gasteiger partial charge in [-0.2, -0.15) is 0 Å². The first kappa shape index (κ1) is 14.5. The standard InChI is InChI=1S/C13H11BrO6/c1-2-18-13(17)10(16)7-5-9(14)8(6-15)12-11(7)19-3-4-20-12/h5-6H,2-4H2,1H3. The summed E-state index contributed by atoms with van der Waals surface area (Å²) in [6, 6.07) is 1.36. The van der Waals surface area contributed by atoms with Crippen molar-refractivity contribution in [2.24, 2.45) is 0 Å². The van der Waals surface area contributed by atoms with Gasteiger partial charge in [0.1, 0.15) is 13.2 Å². The molecule has 7 heteroatoms. The molecular weight excluding hydrogens is 332 g/mol. The van der Waals surface area contributed by atoms with Gasteiger partial charge in [-0.1, -0.05) is 0 Å². The third-order valence-electron chi connectivity index (χ3n) is 2.62. The summed E-state index contributed by atoms with van der Waals surface area (Å²) in [7, 11) is 0. The quantitative estimate of drug-likeness (QED) is 0.359. The second kappa shape index (κ2) is 6.04. The fourth-order valence-electron chi connectivity index (χ4n) is 1.78. The summed E-state index contributed by atoms with van der Waals surface area (Å²) in [5, 5.41) is 0. The molecule has 2 rings (SSSR count). The van der Waals surface area contributed by atoms with Crippen LogP contribution in [0.1, 0.15) is 27.6 Å². The van der Waals surface area contributed by atoms with Crippen LogP contribution in [0.2, 0.25) is 0 Å². The minimum atomic E-state index is -0.977. The minimum Gasteiger partial charge on any atom is -0.485 e. The predicted molar refractivity (Wildman–Crippen MR) is 71.5 cm³/mol. The zero-order valence-corrected chi connectivity index (χ0v) is 12.2. The molecule has 20 heavy (non-hydrogen) atoms. The van der Waals surface area contributed by atoms with Crippen LogP contribution in [0.25, 0.3) is 0 Å². The lowest BCUT2D eigenvalue weighted by Crippen LogP contribution is -2.23. The van der Waals surface area contributed by atoms with Crippen LogP contribution in [0.5, 0.6) is 11.5 Å². The average Bonchev–Trinajstić information content (AvgIpc) is 2.46. The van der Waals surface area contributed by atoms with Crippen LogP contribution < -0.4 is 9.47 Å². The summed E-state index contributed by atoms with van der Waals surface area (Å²) in [4.78, 5) is 34.7. The zero-order chi connectivity index (χ0) is 14.7. The molecule has 6 nitrogen and oxygen atoms in total. The van der Waals surface area contributed by atoms with Gasteiger partial charge in [0.25, 0.3) is 5.78 Å². The molecule has 0 saturated heterocycles. The Labute approximate surface area is 123 Å². The number of Topliss-reactive ketones (excluding diaryl/α,β-unsaturated/α-hetero) is 1. The van der Waals surface area contributed by atoms with E-state index in [9.17, 15) is 14.4 Å². The molecule has 1 aliphatic rings.